The van der Waals surface area contributed by atoms with Gasteiger partial charge >= 0.3 is 6.03 Å². The number of carbonyl (C=O) groups is 1. The van der Waals surface area contributed by atoms with Crippen molar-refractivity contribution in [2.75, 3.05) is 43.0 Å². The van der Waals surface area contributed by atoms with Gasteiger partial charge in [-0.1, -0.05) is 18.2 Å². The molecule has 25 heavy (non-hydrogen) atoms. The number of piperazine rings is 1. The largest absolute Gasteiger partial charge is 0.493 e. The van der Waals surface area contributed by atoms with Crippen LogP contribution >= 0.6 is 0 Å². The summed E-state index contributed by atoms with van der Waals surface area (Å²) in [6.07, 6.45) is 0.911. The predicted molar refractivity (Wildman–Crippen MR) is 99.6 cm³/mol. The van der Waals surface area contributed by atoms with E-state index in [2.05, 4.69) is 41.4 Å². The molecule has 2 aromatic carbocycles. The van der Waals surface area contributed by atoms with Crippen LogP contribution in [0.15, 0.2) is 42.5 Å². The van der Waals surface area contributed by atoms with Gasteiger partial charge in [-0.3, -0.25) is 0 Å². The maximum atomic E-state index is 12.5. The van der Waals surface area contributed by atoms with Crippen molar-refractivity contribution in [2.45, 2.75) is 13.3 Å². The van der Waals surface area contributed by atoms with E-state index in [-0.39, 0.29) is 6.03 Å². The lowest BCUT2D eigenvalue weighted by Gasteiger charge is -2.36. The van der Waals surface area contributed by atoms with Crippen LogP contribution in [0.3, 0.4) is 0 Å². The SMILES string of the molecule is Cc1ccccc1N1CCN(C(=O)Nc2ccc3c(c2)CCO3)CC1. The first-order valence-electron chi connectivity index (χ1n) is 8.83. The third-order valence-corrected chi connectivity index (χ3v) is 4.96. The van der Waals surface area contributed by atoms with Crippen LogP contribution in [-0.4, -0.2) is 43.7 Å². The Kier molecular flexibility index (Phi) is 4.22. The zero-order chi connectivity index (χ0) is 17.2. The van der Waals surface area contributed by atoms with Gasteiger partial charge in [0.1, 0.15) is 5.75 Å². The second kappa shape index (κ2) is 6.67. The number of urea groups is 1. The standard InChI is InChI=1S/C20H23N3O2/c1-15-4-2-3-5-18(15)22-9-11-23(12-10-22)20(24)21-17-6-7-19-16(14-17)8-13-25-19/h2-7,14H,8-13H2,1H3,(H,21,24). The summed E-state index contributed by atoms with van der Waals surface area (Å²) in [5, 5.41) is 3.02. The Bertz CT molecular complexity index is 782. The fraction of sp³-hybridized carbons (Fsp3) is 0.350. The van der Waals surface area contributed by atoms with Gasteiger partial charge in [0, 0.05) is 44.0 Å². The molecule has 1 N–H and O–H groups in total. The molecule has 1 fully saturated rings. The lowest BCUT2D eigenvalue weighted by atomic mass is 10.1. The number of nitrogens with one attached hydrogen (secondary N) is 1. The molecule has 2 amide bonds. The van der Waals surface area contributed by atoms with E-state index in [1.165, 1.54) is 16.8 Å². The number of carbonyl (C=O) groups excluding carboxylic acids is 1. The first-order valence-corrected chi connectivity index (χ1v) is 8.83. The highest BCUT2D eigenvalue weighted by molar-refractivity contribution is 5.89. The third-order valence-electron chi connectivity index (χ3n) is 4.96. The monoisotopic (exact) mass is 337 g/mol. The van der Waals surface area contributed by atoms with Gasteiger partial charge < -0.3 is 19.9 Å². The quantitative estimate of drug-likeness (QED) is 0.915. The number of hydrogen-bond acceptors (Lipinski definition) is 3. The molecule has 0 spiro atoms. The van der Waals surface area contributed by atoms with Crippen LogP contribution in [0.25, 0.3) is 0 Å². The van der Waals surface area contributed by atoms with Crippen LogP contribution in [0.5, 0.6) is 5.75 Å². The first-order chi connectivity index (χ1) is 12.2. The maximum absolute atomic E-state index is 12.5. The van der Waals surface area contributed by atoms with E-state index < -0.39 is 0 Å². The zero-order valence-corrected chi connectivity index (χ0v) is 14.5. The lowest BCUT2D eigenvalue weighted by Crippen LogP contribution is -2.50. The molecule has 0 bridgehead atoms. The van der Waals surface area contributed by atoms with E-state index in [0.717, 1.165) is 50.6 Å². The molecule has 0 atom stereocenters. The number of fused-ring (bicyclic) bond motifs is 1. The van der Waals surface area contributed by atoms with Gasteiger partial charge in [-0.05, 0) is 42.3 Å². The van der Waals surface area contributed by atoms with Crippen molar-refractivity contribution in [2.24, 2.45) is 0 Å². The van der Waals surface area contributed by atoms with Gasteiger partial charge in [0.15, 0.2) is 0 Å². The molecule has 0 unspecified atom stereocenters. The molecule has 5 nitrogen and oxygen atoms in total. The summed E-state index contributed by atoms with van der Waals surface area (Å²) in [6, 6.07) is 14.2. The molecule has 5 heteroatoms. The third kappa shape index (κ3) is 3.27. The summed E-state index contributed by atoms with van der Waals surface area (Å²) in [5.74, 6) is 0.935. The van der Waals surface area contributed by atoms with Gasteiger partial charge in [0.25, 0.3) is 0 Å². The number of benzene rings is 2. The van der Waals surface area contributed by atoms with Gasteiger partial charge in [-0.25, -0.2) is 4.79 Å². The van der Waals surface area contributed by atoms with Crippen LogP contribution in [0.1, 0.15) is 11.1 Å². The van der Waals surface area contributed by atoms with E-state index in [4.69, 9.17) is 4.74 Å². The summed E-state index contributed by atoms with van der Waals surface area (Å²) < 4.78 is 5.51. The molecule has 4 rings (SSSR count). The number of aryl methyl sites for hydroxylation is 1. The predicted octanol–water partition coefficient (Wildman–Crippen LogP) is 3.28. The molecule has 1 saturated heterocycles. The molecular weight excluding hydrogens is 314 g/mol. The second-order valence-electron chi connectivity index (χ2n) is 6.61. The summed E-state index contributed by atoms with van der Waals surface area (Å²) >= 11 is 0. The zero-order valence-electron chi connectivity index (χ0n) is 14.5. The Hall–Kier alpha value is -2.69. The highest BCUT2D eigenvalue weighted by Gasteiger charge is 2.22. The summed E-state index contributed by atoms with van der Waals surface area (Å²) in [5.41, 5.74) is 4.56. The summed E-state index contributed by atoms with van der Waals surface area (Å²) in [6.45, 7) is 6.04. The van der Waals surface area contributed by atoms with Gasteiger partial charge in [0.2, 0.25) is 0 Å². The molecule has 2 heterocycles. The fourth-order valence-electron chi connectivity index (χ4n) is 3.54. The number of amides is 2. The highest BCUT2D eigenvalue weighted by atomic mass is 16.5. The highest BCUT2D eigenvalue weighted by Crippen LogP contribution is 2.28. The number of ether oxygens (including phenoxy) is 1. The van der Waals surface area contributed by atoms with Crippen molar-refractivity contribution >= 4 is 17.4 Å². The average Bonchev–Trinajstić information content (AvgIpc) is 3.10. The van der Waals surface area contributed by atoms with E-state index in [9.17, 15) is 4.79 Å². The summed E-state index contributed by atoms with van der Waals surface area (Å²) in [7, 11) is 0. The maximum Gasteiger partial charge on any atom is 0.321 e. The Morgan fingerprint density at radius 1 is 1.08 bits per heavy atom. The van der Waals surface area contributed by atoms with Crippen LogP contribution in [0, 0.1) is 6.92 Å². The van der Waals surface area contributed by atoms with Crippen LogP contribution in [0.2, 0.25) is 0 Å². The van der Waals surface area contributed by atoms with E-state index in [0.29, 0.717) is 0 Å². The van der Waals surface area contributed by atoms with Gasteiger partial charge in [0.05, 0.1) is 6.61 Å². The molecule has 0 aromatic heterocycles. The average molecular weight is 337 g/mol. The molecule has 0 radical (unpaired) electrons. The topological polar surface area (TPSA) is 44.8 Å². The smallest absolute Gasteiger partial charge is 0.321 e. The Balaban J connectivity index is 1.36. The first kappa shape index (κ1) is 15.8. The number of para-hydroxylation sites is 1. The van der Waals surface area contributed by atoms with Crippen molar-refractivity contribution < 1.29 is 9.53 Å². The van der Waals surface area contributed by atoms with Crippen molar-refractivity contribution in [3.8, 4) is 5.75 Å². The normalized spacial score (nSPS) is 16.4. The molecule has 0 aliphatic carbocycles. The van der Waals surface area contributed by atoms with Crippen molar-refractivity contribution in [3.05, 3.63) is 53.6 Å². The minimum Gasteiger partial charge on any atom is -0.493 e. The number of anilines is 2. The van der Waals surface area contributed by atoms with Crippen LogP contribution in [-0.2, 0) is 6.42 Å². The Morgan fingerprint density at radius 3 is 2.68 bits per heavy atom. The van der Waals surface area contributed by atoms with Gasteiger partial charge in [-0.15, -0.1) is 0 Å². The molecule has 130 valence electrons. The number of nitrogens with zero attached hydrogens (tertiary/aromatic N) is 2. The molecule has 2 aromatic rings. The second-order valence-corrected chi connectivity index (χ2v) is 6.61. The molecule has 2 aliphatic heterocycles. The summed E-state index contributed by atoms with van der Waals surface area (Å²) in [4.78, 5) is 16.8. The van der Waals surface area contributed by atoms with Crippen LogP contribution < -0.4 is 15.0 Å². The molecule has 2 aliphatic rings. The van der Waals surface area contributed by atoms with E-state index >= 15 is 0 Å². The molecule has 0 saturated carbocycles. The van der Waals surface area contributed by atoms with E-state index in [1.807, 2.05) is 23.1 Å². The Labute approximate surface area is 148 Å². The number of hydrogen-bond donors (Lipinski definition) is 1. The van der Waals surface area contributed by atoms with E-state index in [1.54, 1.807) is 0 Å². The Morgan fingerprint density at radius 2 is 1.88 bits per heavy atom. The van der Waals surface area contributed by atoms with Crippen LogP contribution in [0.4, 0.5) is 16.2 Å². The van der Waals surface area contributed by atoms with Gasteiger partial charge in [-0.2, -0.15) is 0 Å². The minimum absolute atomic E-state index is 0.0247. The van der Waals surface area contributed by atoms with Crippen molar-refractivity contribution in [1.29, 1.82) is 0 Å². The molecular formula is C20H23N3O2. The number of rotatable bonds is 2. The fourth-order valence-corrected chi connectivity index (χ4v) is 3.54. The van der Waals surface area contributed by atoms with Crippen molar-refractivity contribution in [3.63, 3.8) is 0 Å². The van der Waals surface area contributed by atoms with Crippen molar-refractivity contribution in [1.82, 2.24) is 4.90 Å². The lowest BCUT2D eigenvalue weighted by molar-refractivity contribution is 0.208. The minimum atomic E-state index is -0.0247.